The second-order valence-electron chi connectivity index (χ2n) is 13.1. The zero-order valence-corrected chi connectivity index (χ0v) is 29.3. The summed E-state index contributed by atoms with van der Waals surface area (Å²) in [6.45, 7) is 4.15. The van der Waals surface area contributed by atoms with E-state index >= 15 is 0 Å². The number of rotatable bonds is 34. The van der Waals surface area contributed by atoms with E-state index in [2.05, 4.69) is 31.3 Å². The fourth-order valence-electron chi connectivity index (χ4n) is 5.71. The molecule has 0 heterocycles. The number of amides is 1. The summed E-state index contributed by atoms with van der Waals surface area (Å²) in [7, 11) is 0. The third-order valence-electron chi connectivity index (χ3n) is 8.79. The van der Waals surface area contributed by atoms with Crippen molar-refractivity contribution in [1.82, 2.24) is 5.32 Å². The van der Waals surface area contributed by atoms with Crippen molar-refractivity contribution in [3.05, 3.63) is 24.3 Å². The van der Waals surface area contributed by atoms with Crippen LogP contribution in [0.3, 0.4) is 0 Å². The number of hydrogen-bond donors (Lipinski definition) is 4. The van der Waals surface area contributed by atoms with E-state index in [1.165, 1.54) is 135 Å². The normalized spacial score (nSPS) is 14.0. The molecule has 0 spiro atoms. The molecule has 0 bridgehead atoms. The van der Waals surface area contributed by atoms with Crippen LogP contribution in [0.15, 0.2) is 24.3 Å². The summed E-state index contributed by atoms with van der Waals surface area (Å²) < 4.78 is 0. The lowest BCUT2D eigenvalue weighted by molar-refractivity contribution is -0.131. The van der Waals surface area contributed by atoms with Gasteiger partial charge in [-0.15, -0.1) is 0 Å². The third-order valence-corrected chi connectivity index (χ3v) is 8.79. The lowest BCUT2D eigenvalue weighted by atomic mass is 10.0. The molecule has 0 aliphatic carbocycles. The highest BCUT2D eigenvalue weighted by Crippen LogP contribution is 2.14. The Balaban J connectivity index is 3.74. The van der Waals surface area contributed by atoms with Crippen LogP contribution in [0.25, 0.3) is 0 Å². The highest BCUT2D eigenvalue weighted by atomic mass is 16.3. The third kappa shape index (κ3) is 29.5. The van der Waals surface area contributed by atoms with Crippen LogP contribution >= 0.6 is 0 Å². The molecule has 4 N–H and O–H groups in total. The van der Waals surface area contributed by atoms with Crippen LogP contribution in [0.1, 0.15) is 194 Å². The first kappa shape index (κ1) is 42.8. The van der Waals surface area contributed by atoms with Crippen LogP contribution in [0.4, 0.5) is 0 Å². The SMILES string of the molecule is CCCCCCCC/C=C\CCCCC(O)C(=O)NC(CO)C(O)/C=C/CCCCCCCCCCCCCCCCCC. The summed E-state index contributed by atoms with van der Waals surface area (Å²) in [4.78, 5) is 12.4. The molecule has 0 aromatic carbocycles. The molecule has 3 atom stereocenters. The molecule has 0 aromatic rings. The van der Waals surface area contributed by atoms with Gasteiger partial charge in [0.15, 0.2) is 0 Å². The molecule has 260 valence electrons. The Morgan fingerprint density at radius 2 is 0.909 bits per heavy atom. The van der Waals surface area contributed by atoms with Crippen molar-refractivity contribution in [2.45, 2.75) is 212 Å². The van der Waals surface area contributed by atoms with Crippen LogP contribution in [0, 0.1) is 0 Å². The average molecular weight is 622 g/mol. The van der Waals surface area contributed by atoms with Crippen LogP contribution in [0.5, 0.6) is 0 Å². The van der Waals surface area contributed by atoms with Gasteiger partial charge in [-0.2, -0.15) is 0 Å². The highest BCUT2D eigenvalue weighted by Gasteiger charge is 2.22. The molecule has 0 aliphatic rings. The Labute approximate surface area is 273 Å². The van der Waals surface area contributed by atoms with E-state index < -0.39 is 24.2 Å². The predicted octanol–water partition coefficient (Wildman–Crippen LogP) is 10.3. The van der Waals surface area contributed by atoms with Gasteiger partial charge in [-0.25, -0.2) is 0 Å². The summed E-state index contributed by atoms with van der Waals surface area (Å²) in [6, 6.07) is -0.802. The maximum Gasteiger partial charge on any atom is 0.249 e. The number of carbonyl (C=O) groups is 1. The Morgan fingerprint density at radius 3 is 1.32 bits per heavy atom. The van der Waals surface area contributed by atoms with Crippen molar-refractivity contribution in [2.75, 3.05) is 6.61 Å². The minimum absolute atomic E-state index is 0.369. The lowest BCUT2D eigenvalue weighted by Gasteiger charge is -2.21. The first-order chi connectivity index (χ1) is 21.6. The standard InChI is InChI=1S/C39H75NO4/c1-3-5-7-9-11-13-15-17-18-19-20-21-22-24-25-27-29-31-33-37(42)36(35-41)40-39(44)38(43)34-32-30-28-26-23-16-14-12-10-8-6-4-2/h23,26,31,33,36-38,41-43H,3-22,24-25,27-30,32,34-35H2,1-2H3,(H,40,44)/b26-23-,33-31+. The van der Waals surface area contributed by atoms with Crippen molar-refractivity contribution in [3.63, 3.8) is 0 Å². The van der Waals surface area contributed by atoms with Crippen molar-refractivity contribution in [1.29, 1.82) is 0 Å². The number of aliphatic hydroxyl groups is 3. The predicted molar refractivity (Wildman–Crippen MR) is 190 cm³/mol. The first-order valence-corrected chi connectivity index (χ1v) is 19.2. The largest absolute Gasteiger partial charge is 0.394 e. The molecule has 0 saturated carbocycles. The summed E-state index contributed by atoms with van der Waals surface area (Å²) in [5, 5.41) is 32.9. The molecule has 1 amide bonds. The van der Waals surface area contributed by atoms with Crippen molar-refractivity contribution < 1.29 is 20.1 Å². The summed E-state index contributed by atoms with van der Waals surface area (Å²) in [5.74, 6) is -0.520. The molecule has 0 aromatic heterocycles. The van der Waals surface area contributed by atoms with Crippen LogP contribution in [0.2, 0.25) is 0 Å². The van der Waals surface area contributed by atoms with Crippen LogP contribution in [-0.2, 0) is 4.79 Å². The van der Waals surface area contributed by atoms with Gasteiger partial charge in [-0.1, -0.05) is 173 Å². The molecule has 0 rings (SSSR count). The number of aliphatic hydroxyl groups excluding tert-OH is 3. The first-order valence-electron chi connectivity index (χ1n) is 19.2. The van der Waals surface area contributed by atoms with E-state index in [1.807, 2.05) is 6.08 Å². The molecule has 0 saturated heterocycles. The molecular formula is C39H75NO4. The maximum absolute atomic E-state index is 12.4. The number of carbonyl (C=O) groups excluding carboxylic acids is 1. The molecular weight excluding hydrogens is 546 g/mol. The van der Waals surface area contributed by atoms with Crippen molar-refractivity contribution >= 4 is 5.91 Å². The number of allylic oxidation sites excluding steroid dienone is 3. The zero-order valence-electron chi connectivity index (χ0n) is 29.3. The Hall–Kier alpha value is -1.17. The monoisotopic (exact) mass is 622 g/mol. The molecule has 0 aliphatic heterocycles. The average Bonchev–Trinajstić information content (AvgIpc) is 3.03. The second-order valence-corrected chi connectivity index (χ2v) is 13.1. The Kier molecular flexibility index (Phi) is 33.8. The second kappa shape index (κ2) is 34.7. The molecule has 0 fully saturated rings. The maximum atomic E-state index is 12.4. The van der Waals surface area contributed by atoms with Crippen LogP contribution in [-0.4, -0.2) is 46.1 Å². The number of hydrogen-bond acceptors (Lipinski definition) is 4. The summed E-state index contributed by atoms with van der Waals surface area (Å²) in [6.07, 6.45) is 40.5. The topological polar surface area (TPSA) is 89.8 Å². The lowest BCUT2D eigenvalue weighted by Crippen LogP contribution is -2.48. The van der Waals surface area contributed by atoms with Gasteiger partial charge in [-0.05, 0) is 44.9 Å². The Morgan fingerprint density at radius 1 is 0.545 bits per heavy atom. The van der Waals surface area contributed by atoms with Gasteiger partial charge in [0.2, 0.25) is 5.91 Å². The van der Waals surface area contributed by atoms with Gasteiger partial charge in [0, 0.05) is 0 Å². The van der Waals surface area contributed by atoms with Gasteiger partial charge in [-0.3, -0.25) is 4.79 Å². The van der Waals surface area contributed by atoms with E-state index in [1.54, 1.807) is 6.08 Å². The fraction of sp³-hybridized carbons (Fsp3) is 0.872. The molecule has 44 heavy (non-hydrogen) atoms. The van der Waals surface area contributed by atoms with E-state index in [4.69, 9.17) is 0 Å². The van der Waals surface area contributed by atoms with E-state index in [-0.39, 0.29) is 6.61 Å². The van der Waals surface area contributed by atoms with Gasteiger partial charge >= 0.3 is 0 Å². The molecule has 0 radical (unpaired) electrons. The smallest absolute Gasteiger partial charge is 0.249 e. The van der Waals surface area contributed by atoms with E-state index in [0.717, 1.165) is 38.5 Å². The molecule has 5 nitrogen and oxygen atoms in total. The quantitative estimate of drug-likeness (QED) is 0.0425. The van der Waals surface area contributed by atoms with Gasteiger partial charge in [0.05, 0.1) is 18.8 Å². The van der Waals surface area contributed by atoms with Gasteiger partial charge in [0.25, 0.3) is 0 Å². The minimum atomic E-state index is -1.11. The number of nitrogens with one attached hydrogen (secondary N) is 1. The molecule has 3 unspecified atom stereocenters. The number of unbranched alkanes of at least 4 members (excludes halogenated alkanes) is 24. The highest BCUT2D eigenvalue weighted by molar-refractivity contribution is 5.80. The fourth-order valence-corrected chi connectivity index (χ4v) is 5.71. The van der Waals surface area contributed by atoms with E-state index in [9.17, 15) is 20.1 Å². The van der Waals surface area contributed by atoms with Crippen molar-refractivity contribution in [3.8, 4) is 0 Å². The van der Waals surface area contributed by atoms with E-state index in [0.29, 0.717) is 6.42 Å². The van der Waals surface area contributed by atoms with Crippen LogP contribution < -0.4 is 5.32 Å². The van der Waals surface area contributed by atoms with Gasteiger partial charge in [0.1, 0.15) is 6.10 Å². The minimum Gasteiger partial charge on any atom is -0.394 e. The molecule has 5 heteroatoms. The summed E-state index contributed by atoms with van der Waals surface area (Å²) in [5.41, 5.74) is 0. The Bertz CT molecular complexity index is 650. The summed E-state index contributed by atoms with van der Waals surface area (Å²) >= 11 is 0. The zero-order chi connectivity index (χ0) is 32.4. The van der Waals surface area contributed by atoms with Gasteiger partial charge < -0.3 is 20.6 Å². The van der Waals surface area contributed by atoms with Crippen molar-refractivity contribution in [2.24, 2.45) is 0 Å².